The van der Waals surface area contributed by atoms with Crippen LogP contribution < -0.4 is 14.9 Å². The fraction of sp³-hybridized carbons (Fsp3) is 0.387. The summed E-state index contributed by atoms with van der Waals surface area (Å²) < 4.78 is 6.07. The van der Waals surface area contributed by atoms with E-state index in [-0.39, 0.29) is 34.7 Å². The van der Waals surface area contributed by atoms with Crippen LogP contribution in [0, 0.1) is 12.8 Å². The third-order valence-electron chi connectivity index (χ3n) is 7.99. The Kier molecular flexibility index (Phi) is 8.78. The third kappa shape index (κ3) is 7.00. The Hall–Kier alpha value is -4.05. The van der Waals surface area contributed by atoms with Gasteiger partial charge in [-0.25, -0.2) is 5.10 Å². The minimum Gasteiger partial charge on any atom is -0.489 e. The molecule has 2 heterocycles. The highest BCUT2D eigenvalue weighted by Gasteiger charge is 2.31. The van der Waals surface area contributed by atoms with Crippen molar-refractivity contribution >= 4 is 34.1 Å². The minimum atomic E-state index is -0.206. The van der Waals surface area contributed by atoms with E-state index in [9.17, 15) is 14.4 Å². The van der Waals surface area contributed by atoms with Crippen molar-refractivity contribution in [1.29, 1.82) is 0 Å². The maximum absolute atomic E-state index is 13.3. The summed E-state index contributed by atoms with van der Waals surface area (Å²) in [5.41, 5.74) is 3.47. The van der Waals surface area contributed by atoms with E-state index >= 15 is 0 Å². The first-order valence-corrected chi connectivity index (χ1v) is 14.7. The summed E-state index contributed by atoms with van der Waals surface area (Å²) in [6, 6.07) is 17.2. The van der Waals surface area contributed by atoms with E-state index in [0.29, 0.717) is 29.3 Å². The van der Waals surface area contributed by atoms with Crippen LogP contribution in [-0.4, -0.2) is 51.0 Å². The van der Waals surface area contributed by atoms with Crippen molar-refractivity contribution in [3.63, 3.8) is 0 Å². The van der Waals surface area contributed by atoms with Crippen LogP contribution in [-0.2, 0) is 17.8 Å². The van der Waals surface area contributed by atoms with Crippen molar-refractivity contribution in [3.05, 3.63) is 86.1 Å². The minimum absolute atomic E-state index is 0.0660. The fourth-order valence-electron chi connectivity index (χ4n) is 5.65. The highest BCUT2D eigenvalue weighted by molar-refractivity contribution is 7.08. The van der Waals surface area contributed by atoms with Gasteiger partial charge in [0.2, 0.25) is 5.91 Å². The summed E-state index contributed by atoms with van der Waals surface area (Å²) in [6.45, 7) is 3.96. The van der Waals surface area contributed by atoms with Crippen molar-refractivity contribution in [1.82, 2.24) is 25.4 Å². The largest absolute Gasteiger partial charge is 0.489 e. The van der Waals surface area contributed by atoms with Gasteiger partial charge in [-0.05, 0) is 74.9 Å². The van der Waals surface area contributed by atoms with Gasteiger partial charge in [-0.2, -0.15) is 5.10 Å². The molecule has 214 valence electrons. The zero-order chi connectivity index (χ0) is 28.9. The Balaban J connectivity index is 1.24. The van der Waals surface area contributed by atoms with Crippen molar-refractivity contribution in [2.24, 2.45) is 5.92 Å². The lowest BCUT2D eigenvalue weighted by atomic mass is 9.80. The highest BCUT2D eigenvalue weighted by atomic mass is 32.1. The van der Waals surface area contributed by atoms with Gasteiger partial charge in [-0.3, -0.25) is 19.4 Å². The van der Waals surface area contributed by atoms with Gasteiger partial charge >= 0.3 is 4.87 Å². The molecule has 10 heteroatoms. The number of amides is 2. The number of aryl methyl sites for hydroxylation is 1. The summed E-state index contributed by atoms with van der Waals surface area (Å²) in [7, 11) is 1.85. The van der Waals surface area contributed by atoms with Crippen LogP contribution in [0.3, 0.4) is 0 Å². The summed E-state index contributed by atoms with van der Waals surface area (Å²) in [5, 5.41) is 11.6. The number of pyridine rings is 1. The monoisotopic (exact) mass is 573 g/mol. The lowest BCUT2D eigenvalue weighted by molar-refractivity contribution is -0.130. The van der Waals surface area contributed by atoms with Gasteiger partial charge in [0.25, 0.3) is 5.91 Å². The maximum atomic E-state index is 13.3. The van der Waals surface area contributed by atoms with Gasteiger partial charge in [0.05, 0.1) is 5.52 Å². The van der Waals surface area contributed by atoms with Gasteiger partial charge in [-0.1, -0.05) is 29.5 Å². The smallest absolute Gasteiger partial charge is 0.322 e. The number of benzene rings is 2. The molecule has 0 spiro atoms. The van der Waals surface area contributed by atoms with Gasteiger partial charge in [0, 0.05) is 54.7 Å². The highest BCUT2D eigenvalue weighted by Crippen LogP contribution is 2.31. The normalized spacial score (nSPS) is 17.6. The molecule has 1 aliphatic rings. The van der Waals surface area contributed by atoms with E-state index in [0.717, 1.165) is 59.2 Å². The summed E-state index contributed by atoms with van der Waals surface area (Å²) in [4.78, 5) is 43.0. The number of carbonyl (C=O) groups is 2. The summed E-state index contributed by atoms with van der Waals surface area (Å²) in [5.74, 6) is 0.779. The van der Waals surface area contributed by atoms with Gasteiger partial charge in [-0.15, -0.1) is 0 Å². The predicted octanol–water partition coefficient (Wildman–Crippen LogP) is 4.65. The van der Waals surface area contributed by atoms with Crippen molar-refractivity contribution in [2.45, 2.75) is 64.6 Å². The number of nitrogens with zero attached hydrogens (tertiary/aromatic N) is 3. The molecule has 2 amide bonds. The van der Waals surface area contributed by atoms with Crippen LogP contribution in [0.1, 0.15) is 59.2 Å². The Bertz CT molecular complexity index is 1570. The average molecular weight is 574 g/mol. The Morgan fingerprint density at radius 1 is 1.12 bits per heavy atom. The molecule has 0 saturated heterocycles. The van der Waals surface area contributed by atoms with E-state index in [1.54, 1.807) is 19.1 Å². The lowest BCUT2D eigenvalue weighted by Crippen LogP contribution is -2.46. The quantitative estimate of drug-likeness (QED) is 0.301. The number of para-hydroxylation sites is 1. The lowest BCUT2D eigenvalue weighted by Gasteiger charge is -2.37. The van der Waals surface area contributed by atoms with Crippen LogP contribution >= 0.6 is 11.3 Å². The number of hydrogen-bond donors (Lipinski definition) is 2. The number of rotatable bonds is 9. The molecule has 41 heavy (non-hydrogen) atoms. The number of aromatic amines is 1. The first-order chi connectivity index (χ1) is 19.8. The summed E-state index contributed by atoms with van der Waals surface area (Å²) in [6.07, 6.45) is 3.99. The number of aromatic nitrogens is 3. The molecular formula is C31H35N5O4S. The predicted molar refractivity (Wildman–Crippen MR) is 159 cm³/mol. The molecule has 1 aliphatic carbocycles. The molecular weight excluding hydrogens is 538 g/mol. The van der Waals surface area contributed by atoms with Crippen LogP contribution in [0.2, 0.25) is 0 Å². The molecule has 4 aromatic rings. The molecule has 2 N–H and O–H groups in total. The Morgan fingerprint density at radius 2 is 1.85 bits per heavy atom. The summed E-state index contributed by atoms with van der Waals surface area (Å²) >= 11 is 1.07. The first kappa shape index (κ1) is 28.5. The second kappa shape index (κ2) is 12.6. The van der Waals surface area contributed by atoms with Crippen LogP contribution in [0.15, 0.2) is 59.4 Å². The molecule has 1 saturated carbocycles. The van der Waals surface area contributed by atoms with Gasteiger partial charge in [0.1, 0.15) is 17.4 Å². The first-order valence-electron chi connectivity index (χ1n) is 13.9. The second-order valence-corrected chi connectivity index (χ2v) is 11.8. The molecule has 0 radical (unpaired) electrons. The van der Waals surface area contributed by atoms with Crippen molar-refractivity contribution < 1.29 is 14.3 Å². The van der Waals surface area contributed by atoms with E-state index in [4.69, 9.17) is 4.74 Å². The number of nitrogens with one attached hydrogen (secondary N) is 2. The zero-order valence-corrected chi connectivity index (χ0v) is 24.4. The van der Waals surface area contributed by atoms with Crippen LogP contribution in [0.25, 0.3) is 10.9 Å². The zero-order valence-electron chi connectivity index (χ0n) is 23.6. The standard InChI is InChI=1S/C31H35N5O4S/c1-19-16-23(26-6-4-5-7-27(26)32-19)18-40-25-14-10-22(11-15-25)30(38)33-28(17-29-34-35-31(39)41-29)21-8-12-24(13-9-21)36(3)20(2)37/h4-7,10-11,14-16,21,24,28H,8-9,12-13,17-18H2,1-3H3,(H,33,38)(H,35,39). The number of ether oxygens (including phenoxy) is 1. The molecule has 2 aromatic carbocycles. The van der Waals surface area contributed by atoms with Crippen LogP contribution in [0.4, 0.5) is 0 Å². The maximum Gasteiger partial charge on any atom is 0.322 e. The van der Waals surface area contributed by atoms with Crippen LogP contribution in [0.5, 0.6) is 5.75 Å². The average Bonchev–Trinajstić information content (AvgIpc) is 3.39. The van der Waals surface area contributed by atoms with E-state index < -0.39 is 0 Å². The Labute approximate surface area is 243 Å². The number of H-pyrrole nitrogens is 1. The molecule has 5 rings (SSSR count). The van der Waals surface area contributed by atoms with Gasteiger partial charge < -0.3 is 15.0 Å². The SMILES string of the molecule is CC(=O)N(C)C1CCC(C(Cc2n[nH]c(=O)s2)NC(=O)c2ccc(OCc3cc(C)nc4ccccc34)cc2)CC1. The number of fused-ring (bicyclic) bond motifs is 1. The van der Waals surface area contributed by atoms with Crippen molar-refractivity contribution in [3.8, 4) is 5.75 Å². The fourth-order valence-corrected chi connectivity index (χ4v) is 6.31. The third-order valence-corrected chi connectivity index (χ3v) is 8.76. The molecule has 0 aliphatic heterocycles. The van der Waals surface area contributed by atoms with E-state index in [2.05, 4.69) is 20.5 Å². The van der Waals surface area contributed by atoms with E-state index in [1.165, 1.54) is 0 Å². The molecule has 1 unspecified atom stereocenters. The van der Waals surface area contributed by atoms with Crippen molar-refractivity contribution in [2.75, 3.05) is 7.05 Å². The molecule has 0 bridgehead atoms. The Morgan fingerprint density at radius 3 is 2.54 bits per heavy atom. The second-order valence-electron chi connectivity index (χ2n) is 10.7. The molecule has 1 fully saturated rings. The number of hydrogen-bond acceptors (Lipinski definition) is 7. The molecule has 1 atom stereocenters. The topological polar surface area (TPSA) is 117 Å². The molecule has 2 aromatic heterocycles. The van der Waals surface area contributed by atoms with E-state index in [1.807, 2.05) is 61.3 Å². The van der Waals surface area contributed by atoms with Gasteiger partial charge in [0.15, 0.2) is 0 Å². The number of carbonyl (C=O) groups excluding carboxylic acids is 2. The molecule has 9 nitrogen and oxygen atoms in total.